The van der Waals surface area contributed by atoms with Gasteiger partial charge in [-0.15, -0.1) is 0 Å². The number of hydrogen-bond acceptors (Lipinski definition) is 5. The summed E-state index contributed by atoms with van der Waals surface area (Å²) in [6.45, 7) is 0.184. The summed E-state index contributed by atoms with van der Waals surface area (Å²) >= 11 is 5.62. The molecule has 1 atom stereocenters. The highest BCUT2D eigenvalue weighted by molar-refractivity contribution is 6.31. The van der Waals surface area contributed by atoms with Gasteiger partial charge in [-0.25, -0.2) is 4.39 Å². The summed E-state index contributed by atoms with van der Waals surface area (Å²) in [5, 5.41) is 20.3. The fraction of sp³-hybridized carbons (Fsp3) is 0.455. The number of hydrogen-bond donors (Lipinski definition) is 1. The predicted molar refractivity (Wildman–Crippen MR) is 69.2 cm³/mol. The molecule has 0 radical (unpaired) electrons. The molecule has 8 heteroatoms. The summed E-state index contributed by atoms with van der Waals surface area (Å²) in [6.07, 6.45) is -0.821. The number of halogens is 2. The molecule has 0 spiro atoms. The molecule has 1 aromatic rings. The highest BCUT2D eigenvalue weighted by Gasteiger charge is 2.22. The number of likely N-dealkylation sites (N-methyl/N-ethyl adjacent to an activating group) is 1. The van der Waals surface area contributed by atoms with Crippen molar-refractivity contribution in [2.75, 3.05) is 32.2 Å². The van der Waals surface area contributed by atoms with E-state index in [1.807, 2.05) is 0 Å². The van der Waals surface area contributed by atoms with Crippen molar-refractivity contribution >= 4 is 23.0 Å². The van der Waals surface area contributed by atoms with E-state index in [1.165, 1.54) is 19.1 Å². The van der Waals surface area contributed by atoms with Crippen LogP contribution in [0.25, 0.3) is 0 Å². The quantitative estimate of drug-likeness (QED) is 0.639. The average Bonchev–Trinajstić information content (AvgIpc) is 2.31. The third-order valence-corrected chi connectivity index (χ3v) is 2.76. The Morgan fingerprint density at radius 1 is 1.63 bits per heavy atom. The van der Waals surface area contributed by atoms with Crippen LogP contribution in [0.1, 0.15) is 0 Å². The topological polar surface area (TPSA) is 75.8 Å². The molecule has 1 aromatic carbocycles. The van der Waals surface area contributed by atoms with Crippen molar-refractivity contribution in [1.82, 2.24) is 0 Å². The van der Waals surface area contributed by atoms with Crippen molar-refractivity contribution in [3.63, 3.8) is 0 Å². The zero-order valence-corrected chi connectivity index (χ0v) is 11.2. The van der Waals surface area contributed by atoms with Gasteiger partial charge in [0.25, 0.3) is 5.69 Å². The van der Waals surface area contributed by atoms with E-state index in [2.05, 4.69) is 0 Å². The maximum atomic E-state index is 13.2. The third kappa shape index (κ3) is 4.02. The van der Waals surface area contributed by atoms with Gasteiger partial charge in [0.2, 0.25) is 0 Å². The summed E-state index contributed by atoms with van der Waals surface area (Å²) in [5.74, 6) is -0.858. The Kier molecular flexibility index (Phi) is 5.46. The second-order valence-electron chi connectivity index (χ2n) is 4.00. The first-order chi connectivity index (χ1) is 8.86. The Labute approximate surface area is 114 Å². The summed E-state index contributed by atoms with van der Waals surface area (Å²) in [4.78, 5) is 11.6. The number of nitro groups is 1. The Morgan fingerprint density at radius 2 is 2.26 bits per heavy atom. The Balaban J connectivity index is 3.04. The van der Waals surface area contributed by atoms with E-state index < -0.39 is 22.5 Å². The standard InChI is InChI=1S/C11H14ClFN2O4/c1-14(5-7(16)6-19-2)10-3-8(12)9(13)4-11(10)15(17)18/h3-4,7,16H,5-6H2,1-2H3. The first kappa shape index (κ1) is 15.6. The largest absolute Gasteiger partial charge is 0.389 e. The summed E-state index contributed by atoms with van der Waals surface area (Å²) in [6, 6.07) is 1.92. The predicted octanol–water partition coefficient (Wildman–Crippen LogP) is 1.83. The van der Waals surface area contributed by atoms with Crippen molar-refractivity contribution in [2.45, 2.75) is 6.10 Å². The lowest BCUT2D eigenvalue weighted by Crippen LogP contribution is -2.32. The van der Waals surface area contributed by atoms with E-state index >= 15 is 0 Å². The van der Waals surface area contributed by atoms with Crippen molar-refractivity contribution in [1.29, 1.82) is 0 Å². The Bertz CT molecular complexity index is 472. The van der Waals surface area contributed by atoms with Gasteiger partial charge in [-0.3, -0.25) is 10.1 Å². The highest BCUT2D eigenvalue weighted by atomic mass is 35.5. The molecule has 19 heavy (non-hydrogen) atoms. The SMILES string of the molecule is COCC(O)CN(C)c1cc(Cl)c(F)cc1[N+](=O)[O-]. The molecule has 1 unspecified atom stereocenters. The van der Waals surface area contributed by atoms with E-state index in [0.29, 0.717) is 0 Å². The van der Waals surface area contributed by atoms with Gasteiger partial charge < -0.3 is 14.7 Å². The number of benzene rings is 1. The van der Waals surface area contributed by atoms with Crippen molar-refractivity contribution < 1.29 is 19.2 Å². The summed E-state index contributed by atoms with van der Waals surface area (Å²) in [7, 11) is 2.97. The second kappa shape index (κ2) is 6.65. The van der Waals surface area contributed by atoms with Gasteiger partial charge in [-0.1, -0.05) is 11.6 Å². The minimum Gasteiger partial charge on any atom is -0.389 e. The Hall–Kier alpha value is -1.44. The van der Waals surface area contributed by atoms with E-state index in [4.69, 9.17) is 16.3 Å². The molecule has 0 saturated carbocycles. The Morgan fingerprint density at radius 3 is 2.79 bits per heavy atom. The van der Waals surface area contributed by atoms with Gasteiger partial charge in [-0.2, -0.15) is 0 Å². The molecule has 106 valence electrons. The fourth-order valence-corrected chi connectivity index (χ4v) is 1.80. The number of rotatable bonds is 6. The fourth-order valence-electron chi connectivity index (χ4n) is 1.64. The van der Waals surface area contributed by atoms with Gasteiger partial charge in [-0.05, 0) is 6.07 Å². The molecule has 0 aromatic heterocycles. The van der Waals surface area contributed by atoms with Crippen LogP contribution in [0, 0.1) is 15.9 Å². The van der Waals surface area contributed by atoms with E-state index in [1.54, 1.807) is 0 Å². The number of nitro benzene ring substituents is 1. The van der Waals surface area contributed by atoms with Crippen molar-refractivity contribution in [2.24, 2.45) is 0 Å². The molecule has 0 bridgehead atoms. The third-order valence-electron chi connectivity index (χ3n) is 2.47. The van der Waals surface area contributed by atoms with Crippen LogP contribution in [0.4, 0.5) is 15.8 Å². The lowest BCUT2D eigenvalue weighted by Gasteiger charge is -2.22. The number of methoxy groups -OCH3 is 1. The van der Waals surface area contributed by atoms with Crippen LogP contribution in [0.2, 0.25) is 5.02 Å². The first-order valence-electron chi connectivity index (χ1n) is 5.38. The van der Waals surface area contributed by atoms with Crippen LogP contribution in [0.3, 0.4) is 0 Å². The highest BCUT2D eigenvalue weighted by Crippen LogP contribution is 2.32. The van der Waals surface area contributed by atoms with Crippen molar-refractivity contribution in [3.8, 4) is 0 Å². The van der Waals surface area contributed by atoms with Gasteiger partial charge in [0, 0.05) is 20.7 Å². The minimum absolute atomic E-state index is 0.0903. The number of aliphatic hydroxyl groups is 1. The molecular weight excluding hydrogens is 279 g/mol. The number of nitrogens with zero attached hydrogens (tertiary/aromatic N) is 2. The summed E-state index contributed by atoms with van der Waals surface area (Å²) < 4.78 is 18.0. The van der Waals surface area contributed by atoms with Gasteiger partial charge in [0.05, 0.1) is 28.7 Å². The monoisotopic (exact) mass is 292 g/mol. The zero-order chi connectivity index (χ0) is 14.6. The molecule has 0 aliphatic heterocycles. The van der Waals surface area contributed by atoms with Crippen LogP contribution >= 0.6 is 11.6 Å². The number of aliphatic hydroxyl groups excluding tert-OH is 1. The molecule has 1 rings (SSSR count). The van der Waals surface area contributed by atoms with E-state index in [9.17, 15) is 19.6 Å². The maximum Gasteiger partial charge on any atom is 0.295 e. The van der Waals surface area contributed by atoms with Gasteiger partial charge in [0.15, 0.2) is 0 Å². The number of ether oxygens (including phenoxy) is 1. The van der Waals surface area contributed by atoms with Crippen LogP contribution in [-0.2, 0) is 4.74 Å². The molecule has 0 aliphatic carbocycles. The number of anilines is 1. The maximum absolute atomic E-state index is 13.2. The van der Waals surface area contributed by atoms with Gasteiger partial charge >= 0.3 is 0 Å². The van der Waals surface area contributed by atoms with Crippen LogP contribution in [-0.4, -0.2) is 43.4 Å². The molecule has 0 fully saturated rings. The van der Waals surface area contributed by atoms with E-state index in [-0.39, 0.29) is 23.9 Å². The first-order valence-corrected chi connectivity index (χ1v) is 5.76. The minimum atomic E-state index is -0.858. The lowest BCUT2D eigenvalue weighted by atomic mass is 10.2. The lowest BCUT2D eigenvalue weighted by molar-refractivity contribution is -0.384. The molecule has 6 nitrogen and oxygen atoms in total. The van der Waals surface area contributed by atoms with Crippen molar-refractivity contribution in [3.05, 3.63) is 33.1 Å². The van der Waals surface area contributed by atoms with Crippen LogP contribution < -0.4 is 4.90 Å². The molecule has 1 N–H and O–H groups in total. The molecule has 0 aliphatic rings. The molecule has 0 heterocycles. The van der Waals surface area contributed by atoms with E-state index in [0.717, 1.165) is 12.1 Å². The second-order valence-corrected chi connectivity index (χ2v) is 4.41. The normalized spacial score (nSPS) is 12.3. The van der Waals surface area contributed by atoms with Crippen LogP contribution in [0.15, 0.2) is 12.1 Å². The molecule has 0 saturated heterocycles. The zero-order valence-electron chi connectivity index (χ0n) is 10.5. The smallest absolute Gasteiger partial charge is 0.295 e. The molecule has 0 amide bonds. The summed E-state index contributed by atoms with van der Waals surface area (Å²) in [5.41, 5.74) is -0.277. The average molecular weight is 293 g/mol. The van der Waals surface area contributed by atoms with Crippen LogP contribution in [0.5, 0.6) is 0 Å². The van der Waals surface area contributed by atoms with Gasteiger partial charge in [0.1, 0.15) is 11.5 Å². The molecular formula is C11H14ClFN2O4.